The number of carbonyl (C=O) groups is 1. The van der Waals surface area contributed by atoms with E-state index in [0.29, 0.717) is 12.0 Å². The first-order valence-electron chi connectivity index (χ1n) is 7.94. The van der Waals surface area contributed by atoms with Gasteiger partial charge in [0, 0.05) is 24.4 Å². The molecule has 1 aromatic carbocycles. The smallest absolute Gasteiger partial charge is 0.164 e. The summed E-state index contributed by atoms with van der Waals surface area (Å²) in [6.45, 7) is 2.95. The van der Waals surface area contributed by atoms with Gasteiger partial charge in [0.1, 0.15) is 5.75 Å². The Hall–Kier alpha value is -2.16. The molecule has 0 atom stereocenters. The molecule has 3 nitrogen and oxygen atoms in total. The summed E-state index contributed by atoms with van der Waals surface area (Å²) < 4.78 is 5.68. The topological polar surface area (TPSA) is 39.2 Å². The number of unbranched alkanes of at least 4 members (excludes halogenated alkanes) is 2. The number of aromatic nitrogens is 1. The Labute approximate surface area is 132 Å². The van der Waals surface area contributed by atoms with Crippen LogP contribution < -0.4 is 4.74 Å². The van der Waals surface area contributed by atoms with Gasteiger partial charge in [-0.15, -0.1) is 0 Å². The molecule has 2 aromatic rings. The zero-order chi connectivity index (χ0) is 15.6. The Morgan fingerprint density at radius 2 is 1.95 bits per heavy atom. The Bertz CT molecular complexity index is 564. The standard InChI is InChI=1S/C19H23NO2/c1-2-3-4-14-22-18-10-7-16(8-11-18)9-12-19(21)17-6-5-13-20-15-17/h5-8,10-11,13,15H,2-4,9,12,14H2,1H3. The molecule has 0 saturated carbocycles. The maximum absolute atomic E-state index is 12.0. The minimum atomic E-state index is 0.132. The van der Waals surface area contributed by atoms with Crippen LogP contribution in [0, 0.1) is 0 Å². The summed E-state index contributed by atoms with van der Waals surface area (Å²) in [6.07, 6.45) is 8.04. The largest absolute Gasteiger partial charge is 0.494 e. The van der Waals surface area contributed by atoms with Crippen LogP contribution in [0.4, 0.5) is 0 Å². The number of hydrogen-bond donors (Lipinski definition) is 0. The van der Waals surface area contributed by atoms with E-state index in [9.17, 15) is 4.79 Å². The minimum Gasteiger partial charge on any atom is -0.494 e. The number of Topliss-reactive ketones (excluding diaryl/α,β-unsaturated/α-hetero) is 1. The summed E-state index contributed by atoms with van der Waals surface area (Å²) in [6, 6.07) is 11.6. The zero-order valence-electron chi connectivity index (χ0n) is 13.1. The third-order valence-electron chi connectivity index (χ3n) is 3.56. The second-order valence-corrected chi connectivity index (χ2v) is 5.36. The molecular weight excluding hydrogens is 274 g/mol. The Kier molecular flexibility index (Phi) is 6.62. The van der Waals surface area contributed by atoms with Crippen LogP contribution in [0.15, 0.2) is 48.8 Å². The lowest BCUT2D eigenvalue weighted by Gasteiger charge is -2.07. The van der Waals surface area contributed by atoms with Crippen molar-refractivity contribution in [3.63, 3.8) is 0 Å². The molecule has 2 rings (SSSR count). The molecule has 0 fully saturated rings. The van der Waals surface area contributed by atoms with Crippen molar-refractivity contribution in [3.8, 4) is 5.75 Å². The molecule has 0 saturated heterocycles. The fourth-order valence-corrected chi connectivity index (χ4v) is 2.22. The van der Waals surface area contributed by atoms with Gasteiger partial charge < -0.3 is 4.74 Å². The highest BCUT2D eigenvalue weighted by Crippen LogP contribution is 2.15. The molecule has 0 radical (unpaired) electrons. The fourth-order valence-electron chi connectivity index (χ4n) is 2.22. The summed E-state index contributed by atoms with van der Waals surface area (Å²) >= 11 is 0. The Balaban J connectivity index is 1.78. The molecule has 3 heteroatoms. The van der Waals surface area contributed by atoms with E-state index in [1.807, 2.05) is 30.3 Å². The van der Waals surface area contributed by atoms with E-state index >= 15 is 0 Å². The number of ketones is 1. The van der Waals surface area contributed by atoms with Crippen molar-refractivity contribution in [1.29, 1.82) is 0 Å². The van der Waals surface area contributed by atoms with Gasteiger partial charge in [0.15, 0.2) is 5.78 Å². The summed E-state index contributed by atoms with van der Waals surface area (Å²) in [7, 11) is 0. The lowest BCUT2D eigenvalue weighted by atomic mass is 10.0. The monoisotopic (exact) mass is 297 g/mol. The highest BCUT2D eigenvalue weighted by Gasteiger charge is 2.06. The SMILES string of the molecule is CCCCCOc1ccc(CCC(=O)c2cccnc2)cc1. The highest BCUT2D eigenvalue weighted by atomic mass is 16.5. The summed E-state index contributed by atoms with van der Waals surface area (Å²) in [4.78, 5) is 16.0. The van der Waals surface area contributed by atoms with Crippen LogP contribution in [0.25, 0.3) is 0 Å². The molecule has 22 heavy (non-hydrogen) atoms. The number of hydrogen-bond acceptors (Lipinski definition) is 3. The quantitative estimate of drug-likeness (QED) is 0.506. The van der Waals surface area contributed by atoms with Gasteiger partial charge in [0.25, 0.3) is 0 Å². The summed E-state index contributed by atoms with van der Waals surface area (Å²) in [5.74, 6) is 1.03. The second-order valence-electron chi connectivity index (χ2n) is 5.36. The van der Waals surface area contributed by atoms with Crippen LogP contribution in [0.5, 0.6) is 5.75 Å². The average molecular weight is 297 g/mol. The van der Waals surface area contributed by atoms with Crippen LogP contribution in [0.3, 0.4) is 0 Å². The highest BCUT2D eigenvalue weighted by molar-refractivity contribution is 5.95. The van der Waals surface area contributed by atoms with E-state index in [2.05, 4.69) is 11.9 Å². The number of aryl methyl sites for hydroxylation is 1. The third-order valence-corrected chi connectivity index (χ3v) is 3.56. The van der Waals surface area contributed by atoms with Crippen LogP contribution in [0.1, 0.15) is 48.5 Å². The van der Waals surface area contributed by atoms with Crippen molar-refractivity contribution in [3.05, 3.63) is 59.9 Å². The van der Waals surface area contributed by atoms with Crippen LogP contribution in [0.2, 0.25) is 0 Å². The van der Waals surface area contributed by atoms with Crippen molar-refractivity contribution in [2.75, 3.05) is 6.61 Å². The van der Waals surface area contributed by atoms with Gasteiger partial charge in [0.2, 0.25) is 0 Å². The van der Waals surface area contributed by atoms with E-state index in [-0.39, 0.29) is 5.78 Å². The lowest BCUT2D eigenvalue weighted by molar-refractivity contribution is 0.0982. The zero-order valence-corrected chi connectivity index (χ0v) is 13.1. The van der Waals surface area contributed by atoms with Crippen molar-refractivity contribution in [1.82, 2.24) is 4.98 Å². The fraction of sp³-hybridized carbons (Fsp3) is 0.368. The van der Waals surface area contributed by atoms with Gasteiger partial charge in [0.05, 0.1) is 6.61 Å². The maximum atomic E-state index is 12.0. The third kappa shape index (κ3) is 5.32. The van der Waals surface area contributed by atoms with Gasteiger partial charge in [-0.1, -0.05) is 31.9 Å². The van der Waals surface area contributed by atoms with Gasteiger partial charge in [-0.2, -0.15) is 0 Å². The minimum absolute atomic E-state index is 0.132. The van der Waals surface area contributed by atoms with E-state index < -0.39 is 0 Å². The van der Waals surface area contributed by atoms with Gasteiger partial charge in [-0.25, -0.2) is 0 Å². The van der Waals surface area contributed by atoms with Crippen LogP contribution in [-0.4, -0.2) is 17.4 Å². The van der Waals surface area contributed by atoms with Crippen molar-refractivity contribution < 1.29 is 9.53 Å². The molecule has 0 amide bonds. The first-order valence-corrected chi connectivity index (χ1v) is 7.94. The molecule has 0 N–H and O–H groups in total. The van der Waals surface area contributed by atoms with Crippen molar-refractivity contribution in [2.24, 2.45) is 0 Å². The predicted molar refractivity (Wildman–Crippen MR) is 88.4 cm³/mol. The number of pyridine rings is 1. The molecule has 0 bridgehead atoms. The molecule has 0 unspecified atom stereocenters. The molecule has 1 heterocycles. The van der Waals surface area contributed by atoms with Gasteiger partial charge in [-0.05, 0) is 42.7 Å². The average Bonchev–Trinajstić information content (AvgIpc) is 2.58. The molecule has 0 spiro atoms. The summed E-state index contributed by atoms with van der Waals surface area (Å²) in [5.41, 5.74) is 1.83. The molecule has 1 aromatic heterocycles. The number of benzene rings is 1. The molecular formula is C19H23NO2. The normalized spacial score (nSPS) is 10.4. The van der Waals surface area contributed by atoms with E-state index in [4.69, 9.17) is 4.74 Å². The van der Waals surface area contributed by atoms with Crippen molar-refractivity contribution in [2.45, 2.75) is 39.0 Å². The number of rotatable bonds is 9. The molecule has 0 aliphatic carbocycles. The Morgan fingerprint density at radius 3 is 2.64 bits per heavy atom. The van der Waals surface area contributed by atoms with Gasteiger partial charge >= 0.3 is 0 Å². The lowest BCUT2D eigenvalue weighted by Crippen LogP contribution is -2.01. The van der Waals surface area contributed by atoms with Gasteiger partial charge in [-0.3, -0.25) is 9.78 Å². The van der Waals surface area contributed by atoms with E-state index in [0.717, 1.165) is 30.8 Å². The first kappa shape index (κ1) is 16.2. The van der Waals surface area contributed by atoms with Crippen LogP contribution >= 0.6 is 0 Å². The first-order chi connectivity index (χ1) is 10.8. The number of ether oxygens (including phenoxy) is 1. The predicted octanol–water partition coefficient (Wildman–Crippen LogP) is 4.47. The second kappa shape index (κ2) is 8.98. The number of carbonyl (C=O) groups excluding carboxylic acids is 1. The summed E-state index contributed by atoms with van der Waals surface area (Å²) in [5, 5.41) is 0. The Morgan fingerprint density at radius 1 is 1.14 bits per heavy atom. The molecule has 0 aliphatic rings. The number of nitrogens with zero attached hydrogens (tertiary/aromatic N) is 1. The van der Waals surface area contributed by atoms with E-state index in [1.165, 1.54) is 12.8 Å². The maximum Gasteiger partial charge on any atom is 0.164 e. The molecule has 116 valence electrons. The molecule has 0 aliphatic heterocycles. The van der Waals surface area contributed by atoms with Crippen molar-refractivity contribution >= 4 is 5.78 Å². The van der Waals surface area contributed by atoms with Crippen LogP contribution in [-0.2, 0) is 6.42 Å². The van der Waals surface area contributed by atoms with E-state index in [1.54, 1.807) is 18.5 Å².